The average Bonchev–Trinajstić information content (AvgIpc) is 3.07. The van der Waals surface area contributed by atoms with E-state index in [1.807, 2.05) is 23.1 Å². The summed E-state index contributed by atoms with van der Waals surface area (Å²) in [4.78, 5) is 20.4. The van der Waals surface area contributed by atoms with Gasteiger partial charge in [-0.15, -0.1) is 0 Å². The number of carbonyl (C=O) groups is 1. The Morgan fingerprint density at radius 1 is 0.914 bits per heavy atom. The van der Waals surface area contributed by atoms with E-state index in [1.54, 1.807) is 0 Å². The van der Waals surface area contributed by atoms with Gasteiger partial charge in [0.1, 0.15) is 0 Å². The summed E-state index contributed by atoms with van der Waals surface area (Å²) in [6, 6.07) is 18.5. The van der Waals surface area contributed by atoms with Crippen LogP contribution in [0.25, 0.3) is 6.08 Å². The van der Waals surface area contributed by atoms with Crippen molar-refractivity contribution in [2.75, 3.05) is 50.7 Å². The first kappa shape index (κ1) is 23.7. The Hall–Kier alpha value is -3.02. The summed E-state index contributed by atoms with van der Waals surface area (Å²) in [5, 5.41) is 0.778. The van der Waals surface area contributed by atoms with Crippen molar-refractivity contribution in [2.45, 2.75) is 19.9 Å². The molecule has 2 aliphatic heterocycles. The molecule has 0 aliphatic carbocycles. The molecule has 0 unspecified atom stereocenters. The molecule has 0 bridgehead atoms. The number of benzene rings is 2. The van der Waals surface area contributed by atoms with Crippen molar-refractivity contribution in [2.24, 2.45) is 0 Å². The summed E-state index contributed by atoms with van der Waals surface area (Å²) in [6.45, 7) is 9.42. The van der Waals surface area contributed by atoms with Crippen molar-refractivity contribution < 1.29 is 4.79 Å². The Bertz CT molecular complexity index is 1180. The molecule has 5 rings (SSSR count). The summed E-state index contributed by atoms with van der Waals surface area (Å²) >= 11 is 6.03. The molecule has 0 spiro atoms. The van der Waals surface area contributed by atoms with Crippen LogP contribution >= 0.6 is 11.6 Å². The highest BCUT2D eigenvalue weighted by molar-refractivity contribution is 6.30. The van der Waals surface area contributed by atoms with Gasteiger partial charge in [-0.05, 0) is 61.4 Å². The maximum Gasteiger partial charge on any atom is 0.256 e. The van der Waals surface area contributed by atoms with Gasteiger partial charge in [-0.2, -0.15) is 0 Å². The summed E-state index contributed by atoms with van der Waals surface area (Å²) < 4.78 is 2.21. The SMILES string of the molecule is Cc1cn(Cc2ccccc2)c2c1C(=O)N(CCCN1CCN(c3ccc(Cl)cc3)CC1)CC=C2. The zero-order valence-electron chi connectivity index (χ0n) is 20.4. The maximum absolute atomic E-state index is 13.5. The van der Waals surface area contributed by atoms with Gasteiger partial charge >= 0.3 is 0 Å². The predicted molar refractivity (Wildman–Crippen MR) is 144 cm³/mol. The molecule has 1 aromatic heterocycles. The molecule has 5 nitrogen and oxygen atoms in total. The molecule has 3 heterocycles. The highest BCUT2D eigenvalue weighted by Gasteiger charge is 2.25. The maximum atomic E-state index is 13.5. The lowest BCUT2D eigenvalue weighted by Gasteiger charge is -2.36. The number of anilines is 1. The highest BCUT2D eigenvalue weighted by Crippen LogP contribution is 2.25. The minimum atomic E-state index is 0.155. The monoisotopic (exact) mass is 488 g/mol. The quantitative estimate of drug-likeness (QED) is 0.459. The first-order chi connectivity index (χ1) is 17.1. The molecule has 1 amide bonds. The van der Waals surface area contributed by atoms with Crippen LogP contribution in [0.15, 0.2) is 66.9 Å². The van der Waals surface area contributed by atoms with E-state index in [1.165, 1.54) is 11.3 Å². The minimum Gasteiger partial charge on any atom is -0.369 e. The first-order valence-corrected chi connectivity index (χ1v) is 12.9. The van der Waals surface area contributed by atoms with Gasteiger partial charge in [-0.25, -0.2) is 0 Å². The van der Waals surface area contributed by atoms with Crippen LogP contribution in [0, 0.1) is 6.92 Å². The third kappa shape index (κ3) is 5.47. The summed E-state index contributed by atoms with van der Waals surface area (Å²) in [6.07, 6.45) is 7.36. The molecular formula is C29H33ClN4O. The van der Waals surface area contributed by atoms with Crippen molar-refractivity contribution in [3.63, 3.8) is 0 Å². The van der Waals surface area contributed by atoms with Gasteiger partial charge in [-0.1, -0.05) is 48.0 Å². The molecule has 35 heavy (non-hydrogen) atoms. The van der Waals surface area contributed by atoms with Gasteiger partial charge in [0.05, 0.1) is 11.3 Å². The van der Waals surface area contributed by atoms with E-state index in [2.05, 4.69) is 76.0 Å². The minimum absolute atomic E-state index is 0.155. The normalized spacial score (nSPS) is 16.5. The van der Waals surface area contributed by atoms with Gasteiger partial charge in [0.15, 0.2) is 0 Å². The van der Waals surface area contributed by atoms with E-state index in [4.69, 9.17) is 11.6 Å². The van der Waals surface area contributed by atoms with Crippen molar-refractivity contribution in [1.29, 1.82) is 0 Å². The van der Waals surface area contributed by atoms with E-state index >= 15 is 0 Å². The molecule has 0 N–H and O–H groups in total. The van der Waals surface area contributed by atoms with Gasteiger partial charge in [0.2, 0.25) is 0 Å². The lowest BCUT2D eigenvalue weighted by atomic mass is 10.1. The third-order valence-electron chi connectivity index (χ3n) is 7.07. The second-order valence-electron chi connectivity index (χ2n) is 9.50. The Balaban J connectivity index is 1.15. The van der Waals surface area contributed by atoms with Crippen molar-refractivity contribution in [3.05, 3.63) is 94.3 Å². The van der Waals surface area contributed by atoms with E-state index in [9.17, 15) is 4.79 Å². The lowest BCUT2D eigenvalue weighted by Crippen LogP contribution is -2.47. The Kier molecular flexibility index (Phi) is 7.26. The fourth-order valence-corrected chi connectivity index (χ4v) is 5.30. The molecule has 1 saturated heterocycles. The van der Waals surface area contributed by atoms with E-state index in [-0.39, 0.29) is 5.91 Å². The van der Waals surface area contributed by atoms with Crippen molar-refractivity contribution >= 4 is 29.3 Å². The first-order valence-electron chi connectivity index (χ1n) is 12.5. The van der Waals surface area contributed by atoms with Crippen LogP contribution in [-0.2, 0) is 6.54 Å². The molecule has 0 radical (unpaired) electrons. The molecule has 1 fully saturated rings. The number of carbonyl (C=O) groups excluding carboxylic acids is 1. The van der Waals surface area contributed by atoms with Crippen molar-refractivity contribution in [3.8, 4) is 0 Å². The van der Waals surface area contributed by atoms with Gasteiger partial charge in [-0.3, -0.25) is 9.69 Å². The topological polar surface area (TPSA) is 31.7 Å². The molecule has 0 saturated carbocycles. The number of rotatable bonds is 7. The molecule has 3 aromatic rings. The van der Waals surface area contributed by atoms with E-state index in [0.717, 1.165) is 74.1 Å². The lowest BCUT2D eigenvalue weighted by molar-refractivity contribution is 0.0767. The number of nitrogens with zero attached hydrogens (tertiary/aromatic N) is 4. The molecule has 2 aromatic carbocycles. The number of halogens is 1. The predicted octanol–water partition coefficient (Wildman–Crippen LogP) is 5.18. The fourth-order valence-electron chi connectivity index (χ4n) is 5.17. The third-order valence-corrected chi connectivity index (χ3v) is 7.33. The van der Waals surface area contributed by atoms with Crippen LogP contribution in [-0.4, -0.2) is 66.1 Å². The molecule has 2 aliphatic rings. The molecular weight excluding hydrogens is 456 g/mol. The van der Waals surface area contributed by atoms with Crippen LogP contribution in [0.4, 0.5) is 5.69 Å². The Morgan fingerprint density at radius 2 is 1.66 bits per heavy atom. The summed E-state index contributed by atoms with van der Waals surface area (Å²) in [7, 11) is 0. The van der Waals surface area contributed by atoms with Crippen molar-refractivity contribution in [1.82, 2.24) is 14.4 Å². The standard InChI is InChI=1S/C29H33ClN4O/c1-23-21-34(22-24-7-3-2-4-8-24)27-9-5-15-33(29(35)28(23)27)16-6-14-31-17-19-32(20-18-31)26-12-10-25(30)11-13-26/h2-5,7-13,21H,6,14-20,22H2,1H3. The number of hydrogen-bond acceptors (Lipinski definition) is 3. The molecule has 182 valence electrons. The largest absolute Gasteiger partial charge is 0.369 e. The van der Waals surface area contributed by atoms with Crippen LogP contribution in [0.1, 0.15) is 33.6 Å². The van der Waals surface area contributed by atoms with Crippen LogP contribution in [0.5, 0.6) is 0 Å². The zero-order valence-corrected chi connectivity index (χ0v) is 21.1. The fraction of sp³-hybridized carbons (Fsp3) is 0.345. The molecule has 0 atom stereocenters. The zero-order chi connectivity index (χ0) is 24.2. The number of amides is 1. The number of fused-ring (bicyclic) bond motifs is 1. The van der Waals surface area contributed by atoms with Crippen LogP contribution in [0.2, 0.25) is 5.02 Å². The van der Waals surface area contributed by atoms with Crippen LogP contribution < -0.4 is 4.90 Å². The smallest absolute Gasteiger partial charge is 0.256 e. The van der Waals surface area contributed by atoms with E-state index < -0.39 is 0 Å². The molecule has 6 heteroatoms. The number of aryl methyl sites for hydroxylation is 1. The van der Waals surface area contributed by atoms with Gasteiger partial charge in [0.25, 0.3) is 5.91 Å². The van der Waals surface area contributed by atoms with Gasteiger partial charge < -0.3 is 14.4 Å². The Morgan fingerprint density at radius 3 is 2.40 bits per heavy atom. The number of hydrogen-bond donors (Lipinski definition) is 0. The highest BCUT2D eigenvalue weighted by atomic mass is 35.5. The second-order valence-corrected chi connectivity index (χ2v) is 9.93. The summed E-state index contributed by atoms with van der Waals surface area (Å²) in [5.74, 6) is 0.155. The number of piperazine rings is 1. The van der Waals surface area contributed by atoms with Crippen LogP contribution in [0.3, 0.4) is 0 Å². The van der Waals surface area contributed by atoms with E-state index in [0.29, 0.717) is 6.54 Å². The summed E-state index contributed by atoms with van der Waals surface area (Å²) in [5.41, 5.74) is 5.41. The van der Waals surface area contributed by atoms with Gasteiger partial charge in [0, 0.05) is 62.7 Å². The number of aromatic nitrogens is 1. The Labute approximate surface area is 213 Å². The average molecular weight is 489 g/mol. The second kappa shape index (κ2) is 10.7.